The highest BCUT2D eigenvalue weighted by atomic mass is 16.3. The van der Waals surface area contributed by atoms with Crippen LogP contribution in [0.2, 0.25) is 0 Å². The van der Waals surface area contributed by atoms with Gasteiger partial charge in [-0.05, 0) is 51.4 Å². The van der Waals surface area contributed by atoms with Crippen molar-refractivity contribution in [3.05, 3.63) is 23.7 Å². The lowest BCUT2D eigenvalue weighted by molar-refractivity contribution is 0.202. The smallest absolute Gasteiger partial charge is 0.118 e. The standard InChI is InChI=1S/C14H24N2O/c1-11-5-4-8-15-14(11)10-16(3)9-13-7-6-12(2)17-13/h6-7,11,14-15H,4-5,8-10H2,1-3H3. The zero-order valence-corrected chi connectivity index (χ0v) is 11.2. The number of likely N-dealkylation sites (N-methyl/N-ethyl adjacent to an activating group) is 1. The van der Waals surface area contributed by atoms with Gasteiger partial charge in [0.2, 0.25) is 0 Å². The van der Waals surface area contributed by atoms with Crippen molar-refractivity contribution in [2.75, 3.05) is 20.1 Å². The Bertz CT molecular complexity index is 348. The maximum absolute atomic E-state index is 5.61. The number of nitrogens with zero attached hydrogens (tertiary/aromatic N) is 1. The highest BCUT2D eigenvalue weighted by molar-refractivity contribution is 5.05. The molecule has 1 saturated heterocycles. The van der Waals surface area contributed by atoms with Gasteiger partial charge in [0.05, 0.1) is 6.54 Å². The Morgan fingerprint density at radius 1 is 1.47 bits per heavy atom. The third kappa shape index (κ3) is 3.58. The molecule has 2 unspecified atom stereocenters. The van der Waals surface area contributed by atoms with E-state index in [4.69, 9.17) is 4.42 Å². The zero-order valence-electron chi connectivity index (χ0n) is 11.2. The van der Waals surface area contributed by atoms with E-state index in [9.17, 15) is 0 Å². The van der Waals surface area contributed by atoms with Crippen molar-refractivity contribution < 1.29 is 4.42 Å². The van der Waals surface area contributed by atoms with Gasteiger partial charge in [-0.1, -0.05) is 6.92 Å². The molecular weight excluding hydrogens is 212 g/mol. The first kappa shape index (κ1) is 12.7. The first-order valence-corrected chi connectivity index (χ1v) is 6.62. The largest absolute Gasteiger partial charge is 0.465 e. The molecule has 1 aromatic rings. The summed E-state index contributed by atoms with van der Waals surface area (Å²) in [4.78, 5) is 2.35. The maximum Gasteiger partial charge on any atom is 0.118 e. The van der Waals surface area contributed by atoms with Gasteiger partial charge >= 0.3 is 0 Å². The van der Waals surface area contributed by atoms with Crippen LogP contribution in [0.4, 0.5) is 0 Å². The van der Waals surface area contributed by atoms with Crippen molar-refractivity contribution in [3.8, 4) is 0 Å². The average molecular weight is 236 g/mol. The Hall–Kier alpha value is -0.800. The summed E-state index contributed by atoms with van der Waals surface area (Å²) in [5, 5.41) is 3.62. The van der Waals surface area contributed by atoms with Crippen LogP contribution in [0.3, 0.4) is 0 Å². The predicted molar refractivity (Wildman–Crippen MR) is 70.0 cm³/mol. The van der Waals surface area contributed by atoms with E-state index in [0.717, 1.165) is 30.5 Å². The lowest BCUT2D eigenvalue weighted by Crippen LogP contribution is -2.46. The second-order valence-corrected chi connectivity index (χ2v) is 5.39. The lowest BCUT2D eigenvalue weighted by Gasteiger charge is -2.33. The van der Waals surface area contributed by atoms with Gasteiger partial charge in [-0.25, -0.2) is 0 Å². The van der Waals surface area contributed by atoms with E-state index in [1.807, 2.05) is 13.0 Å². The first-order chi connectivity index (χ1) is 8.15. The minimum atomic E-state index is 0.629. The normalized spacial score (nSPS) is 25.4. The van der Waals surface area contributed by atoms with Crippen LogP contribution >= 0.6 is 0 Å². The van der Waals surface area contributed by atoms with E-state index in [-0.39, 0.29) is 0 Å². The second-order valence-electron chi connectivity index (χ2n) is 5.39. The van der Waals surface area contributed by atoms with Crippen molar-refractivity contribution in [2.24, 2.45) is 5.92 Å². The fourth-order valence-corrected chi connectivity index (χ4v) is 2.59. The van der Waals surface area contributed by atoms with Crippen LogP contribution in [0.15, 0.2) is 16.5 Å². The third-order valence-corrected chi connectivity index (χ3v) is 3.66. The second kappa shape index (κ2) is 5.69. The van der Waals surface area contributed by atoms with Crippen LogP contribution < -0.4 is 5.32 Å². The molecular formula is C14H24N2O. The molecule has 1 N–H and O–H groups in total. The predicted octanol–water partition coefficient (Wildman–Crippen LogP) is 2.41. The summed E-state index contributed by atoms with van der Waals surface area (Å²) in [5.41, 5.74) is 0. The molecule has 0 amide bonds. The number of hydrogen-bond donors (Lipinski definition) is 1. The minimum Gasteiger partial charge on any atom is -0.465 e. The topological polar surface area (TPSA) is 28.4 Å². The summed E-state index contributed by atoms with van der Waals surface area (Å²) in [6.45, 7) is 7.51. The summed E-state index contributed by atoms with van der Waals surface area (Å²) in [5.74, 6) is 2.84. The van der Waals surface area contributed by atoms with Crippen LogP contribution in [0.25, 0.3) is 0 Å². The van der Waals surface area contributed by atoms with E-state index >= 15 is 0 Å². The van der Waals surface area contributed by atoms with Crippen LogP contribution in [0, 0.1) is 12.8 Å². The average Bonchev–Trinajstić information content (AvgIpc) is 2.67. The Morgan fingerprint density at radius 3 is 2.94 bits per heavy atom. The summed E-state index contributed by atoms with van der Waals surface area (Å²) in [6, 6.07) is 4.73. The highest BCUT2D eigenvalue weighted by Gasteiger charge is 2.22. The molecule has 2 rings (SSSR count). The fraction of sp³-hybridized carbons (Fsp3) is 0.714. The molecule has 1 fully saturated rings. The Labute approximate surface area is 104 Å². The van der Waals surface area contributed by atoms with Crippen LogP contribution in [0.5, 0.6) is 0 Å². The zero-order chi connectivity index (χ0) is 12.3. The fourth-order valence-electron chi connectivity index (χ4n) is 2.59. The molecule has 1 aliphatic heterocycles. The van der Waals surface area contributed by atoms with Gasteiger partial charge in [-0.2, -0.15) is 0 Å². The highest BCUT2D eigenvalue weighted by Crippen LogP contribution is 2.17. The molecule has 0 aliphatic carbocycles. The molecule has 0 saturated carbocycles. The third-order valence-electron chi connectivity index (χ3n) is 3.66. The van der Waals surface area contributed by atoms with E-state index in [2.05, 4.69) is 30.3 Å². The van der Waals surface area contributed by atoms with E-state index < -0.39 is 0 Å². The molecule has 0 bridgehead atoms. The molecule has 0 spiro atoms. The number of furan rings is 1. The van der Waals surface area contributed by atoms with Crippen LogP contribution in [0.1, 0.15) is 31.3 Å². The van der Waals surface area contributed by atoms with Crippen molar-refractivity contribution in [1.29, 1.82) is 0 Å². The molecule has 2 atom stereocenters. The van der Waals surface area contributed by atoms with Gasteiger partial charge in [-0.15, -0.1) is 0 Å². The Morgan fingerprint density at radius 2 is 2.29 bits per heavy atom. The van der Waals surface area contributed by atoms with Gasteiger partial charge in [-0.3, -0.25) is 4.90 Å². The number of nitrogens with one attached hydrogen (secondary N) is 1. The van der Waals surface area contributed by atoms with Crippen molar-refractivity contribution in [2.45, 2.75) is 39.3 Å². The van der Waals surface area contributed by atoms with Crippen molar-refractivity contribution in [3.63, 3.8) is 0 Å². The first-order valence-electron chi connectivity index (χ1n) is 6.62. The molecule has 3 heteroatoms. The number of rotatable bonds is 4. The van der Waals surface area contributed by atoms with E-state index in [1.165, 1.54) is 19.4 Å². The summed E-state index contributed by atoms with van der Waals surface area (Å²) in [6.07, 6.45) is 2.67. The van der Waals surface area contributed by atoms with Gasteiger partial charge in [0.1, 0.15) is 11.5 Å². The molecule has 1 aliphatic rings. The summed E-state index contributed by atoms with van der Waals surface area (Å²) >= 11 is 0. The van der Waals surface area contributed by atoms with E-state index in [1.54, 1.807) is 0 Å². The lowest BCUT2D eigenvalue weighted by atomic mass is 9.92. The van der Waals surface area contributed by atoms with Gasteiger partial charge in [0.15, 0.2) is 0 Å². The van der Waals surface area contributed by atoms with Crippen molar-refractivity contribution >= 4 is 0 Å². The maximum atomic E-state index is 5.61. The molecule has 3 nitrogen and oxygen atoms in total. The van der Waals surface area contributed by atoms with Crippen LogP contribution in [-0.2, 0) is 6.54 Å². The Kier molecular flexibility index (Phi) is 4.24. The molecule has 0 aromatic carbocycles. The van der Waals surface area contributed by atoms with Gasteiger partial charge < -0.3 is 9.73 Å². The molecule has 2 heterocycles. The van der Waals surface area contributed by atoms with Crippen molar-refractivity contribution in [1.82, 2.24) is 10.2 Å². The SMILES string of the molecule is Cc1ccc(CN(C)CC2NCCCC2C)o1. The number of piperidine rings is 1. The number of hydrogen-bond acceptors (Lipinski definition) is 3. The van der Waals surface area contributed by atoms with Crippen LogP contribution in [-0.4, -0.2) is 31.1 Å². The summed E-state index contributed by atoms with van der Waals surface area (Å²) < 4.78 is 5.61. The molecule has 0 radical (unpaired) electrons. The Balaban J connectivity index is 1.82. The molecule has 96 valence electrons. The van der Waals surface area contributed by atoms with E-state index in [0.29, 0.717) is 6.04 Å². The molecule has 17 heavy (non-hydrogen) atoms. The number of aryl methyl sites for hydroxylation is 1. The molecule has 1 aromatic heterocycles. The summed E-state index contributed by atoms with van der Waals surface area (Å²) in [7, 11) is 2.17. The van der Waals surface area contributed by atoms with Gasteiger partial charge in [0, 0.05) is 12.6 Å². The quantitative estimate of drug-likeness (QED) is 0.870. The van der Waals surface area contributed by atoms with Gasteiger partial charge in [0.25, 0.3) is 0 Å². The monoisotopic (exact) mass is 236 g/mol. The minimum absolute atomic E-state index is 0.629.